The van der Waals surface area contributed by atoms with Crippen LogP contribution in [0.4, 0.5) is 0 Å². The van der Waals surface area contributed by atoms with Gasteiger partial charge in [-0.2, -0.15) is 0 Å². The lowest BCUT2D eigenvalue weighted by Gasteiger charge is -2.17. The Kier molecular flexibility index (Phi) is 7.25. The summed E-state index contributed by atoms with van der Waals surface area (Å²) < 4.78 is 38.8. The first kappa shape index (κ1) is 22.0. The first-order valence-corrected chi connectivity index (χ1v) is 11.3. The van der Waals surface area contributed by atoms with Crippen molar-refractivity contribution in [2.24, 2.45) is 0 Å². The lowest BCUT2D eigenvalue weighted by Crippen LogP contribution is -2.37. The van der Waals surface area contributed by atoms with Gasteiger partial charge in [-0.1, -0.05) is 36.4 Å². The first-order chi connectivity index (χ1) is 14.5. The number of para-hydroxylation sites is 1. The van der Waals surface area contributed by atoms with Crippen molar-refractivity contribution in [2.45, 2.75) is 36.5 Å². The minimum absolute atomic E-state index is 0.0181. The fourth-order valence-electron chi connectivity index (χ4n) is 3.23. The molecule has 1 amide bonds. The van der Waals surface area contributed by atoms with Crippen molar-refractivity contribution in [3.63, 3.8) is 0 Å². The van der Waals surface area contributed by atoms with Crippen molar-refractivity contribution in [1.29, 1.82) is 0 Å². The van der Waals surface area contributed by atoms with Gasteiger partial charge in [0.1, 0.15) is 6.54 Å². The molecular formula is C22H26N2O5S. The average molecular weight is 431 g/mol. The topological polar surface area (TPSA) is 86.6 Å². The van der Waals surface area contributed by atoms with E-state index in [9.17, 15) is 13.2 Å². The van der Waals surface area contributed by atoms with Gasteiger partial charge in [0, 0.05) is 30.3 Å². The van der Waals surface area contributed by atoms with Gasteiger partial charge in [-0.3, -0.25) is 4.79 Å². The number of fused-ring (bicyclic) bond motifs is 1. The monoisotopic (exact) mass is 430 g/mol. The van der Waals surface area contributed by atoms with Crippen LogP contribution in [0.3, 0.4) is 0 Å². The van der Waals surface area contributed by atoms with E-state index < -0.39 is 16.1 Å². The van der Waals surface area contributed by atoms with Crippen LogP contribution >= 0.6 is 0 Å². The molecule has 1 N–H and O–H groups in total. The molecule has 1 heterocycles. The fourth-order valence-corrected chi connectivity index (χ4v) is 4.73. The molecule has 0 fully saturated rings. The van der Waals surface area contributed by atoms with Crippen molar-refractivity contribution >= 4 is 26.6 Å². The van der Waals surface area contributed by atoms with E-state index >= 15 is 0 Å². The maximum Gasteiger partial charge on any atom is 0.240 e. The first-order valence-electron chi connectivity index (χ1n) is 9.85. The maximum atomic E-state index is 13.2. The quantitative estimate of drug-likeness (QED) is 0.500. The van der Waals surface area contributed by atoms with E-state index in [0.717, 1.165) is 0 Å². The van der Waals surface area contributed by atoms with Crippen LogP contribution < -0.4 is 5.32 Å². The lowest BCUT2D eigenvalue weighted by molar-refractivity contribution is -0.140. The van der Waals surface area contributed by atoms with E-state index in [1.807, 2.05) is 19.9 Å². The zero-order valence-electron chi connectivity index (χ0n) is 17.1. The molecule has 0 aliphatic rings. The van der Waals surface area contributed by atoms with Gasteiger partial charge in [-0.05, 0) is 32.0 Å². The molecule has 30 heavy (non-hydrogen) atoms. The van der Waals surface area contributed by atoms with Gasteiger partial charge in [-0.25, -0.2) is 8.42 Å². The zero-order valence-corrected chi connectivity index (χ0v) is 17.9. The number of nitrogens with zero attached hydrogens (tertiary/aromatic N) is 1. The molecule has 3 aromatic rings. The van der Waals surface area contributed by atoms with Crippen LogP contribution in [-0.2, 0) is 30.7 Å². The molecule has 0 saturated carbocycles. The van der Waals surface area contributed by atoms with Gasteiger partial charge in [-0.15, -0.1) is 0 Å². The SMILES string of the molecule is CCOC(CNC(=O)Cn1cc(S(=O)(=O)c2ccccc2)c2ccccc21)OCC. The van der Waals surface area contributed by atoms with Gasteiger partial charge in [0.05, 0.1) is 16.3 Å². The molecule has 0 bridgehead atoms. The second-order valence-electron chi connectivity index (χ2n) is 6.60. The van der Waals surface area contributed by atoms with Crippen molar-refractivity contribution in [1.82, 2.24) is 9.88 Å². The van der Waals surface area contributed by atoms with E-state index in [2.05, 4.69) is 5.32 Å². The Bertz CT molecular complexity index is 1090. The second kappa shape index (κ2) is 9.88. The number of hydrogen-bond donors (Lipinski definition) is 1. The Balaban J connectivity index is 1.85. The number of ether oxygens (including phenoxy) is 2. The molecule has 160 valence electrons. The van der Waals surface area contributed by atoms with E-state index in [-0.39, 0.29) is 28.8 Å². The van der Waals surface area contributed by atoms with Crippen molar-refractivity contribution in [3.8, 4) is 0 Å². The summed E-state index contributed by atoms with van der Waals surface area (Å²) in [7, 11) is -3.71. The average Bonchev–Trinajstić information content (AvgIpc) is 3.12. The minimum Gasteiger partial charge on any atom is -0.351 e. The summed E-state index contributed by atoms with van der Waals surface area (Å²) in [6.07, 6.45) is 1.01. The molecule has 3 rings (SSSR count). The third kappa shape index (κ3) is 4.89. The van der Waals surface area contributed by atoms with Crippen LogP contribution in [0.1, 0.15) is 13.8 Å². The maximum absolute atomic E-state index is 13.2. The molecule has 0 aliphatic heterocycles. The summed E-state index contributed by atoms with van der Waals surface area (Å²) in [5.41, 5.74) is 0.674. The van der Waals surface area contributed by atoms with Crippen molar-refractivity contribution < 1.29 is 22.7 Å². The van der Waals surface area contributed by atoms with Crippen LogP contribution in [0.5, 0.6) is 0 Å². The molecular weight excluding hydrogens is 404 g/mol. The zero-order chi connectivity index (χ0) is 21.6. The highest BCUT2D eigenvalue weighted by Crippen LogP contribution is 2.30. The highest BCUT2D eigenvalue weighted by Gasteiger charge is 2.23. The van der Waals surface area contributed by atoms with Crippen LogP contribution in [0.15, 0.2) is 70.6 Å². The minimum atomic E-state index is -3.71. The summed E-state index contributed by atoms with van der Waals surface area (Å²) in [5.74, 6) is -0.260. The molecule has 0 atom stereocenters. The summed E-state index contributed by atoms with van der Waals surface area (Å²) in [6.45, 7) is 4.86. The normalized spacial score (nSPS) is 11.8. The number of amides is 1. The van der Waals surface area contributed by atoms with E-state index in [4.69, 9.17) is 9.47 Å². The summed E-state index contributed by atoms with van der Waals surface area (Å²) in [6, 6.07) is 15.4. The number of rotatable bonds is 10. The third-order valence-electron chi connectivity index (χ3n) is 4.58. The number of sulfone groups is 1. The second-order valence-corrected chi connectivity index (χ2v) is 8.52. The number of hydrogen-bond acceptors (Lipinski definition) is 5. The van der Waals surface area contributed by atoms with Gasteiger partial charge in [0.25, 0.3) is 0 Å². The number of carbonyl (C=O) groups is 1. The Labute approximate surface area is 176 Å². The summed E-state index contributed by atoms with van der Waals surface area (Å²) in [5, 5.41) is 3.37. The predicted molar refractivity (Wildman–Crippen MR) is 114 cm³/mol. The Hall–Kier alpha value is -2.68. The molecule has 0 radical (unpaired) electrons. The number of carbonyl (C=O) groups excluding carboxylic acids is 1. The van der Waals surface area contributed by atoms with Crippen molar-refractivity contribution in [3.05, 3.63) is 60.8 Å². The molecule has 1 aromatic heterocycles. The molecule has 0 unspecified atom stereocenters. The van der Waals surface area contributed by atoms with Crippen LogP contribution in [-0.4, -0.2) is 44.9 Å². The largest absolute Gasteiger partial charge is 0.351 e. The highest BCUT2D eigenvalue weighted by atomic mass is 32.2. The van der Waals surface area contributed by atoms with Gasteiger partial charge in [0.2, 0.25) is 15.7 Å². The molecule has 0 saturated heterocycles. The number of aromatic nitrogens is 1. The Morgan fingerprint density at radius 1 is 1.00 bits per heavy atom. The molecule has 0 aliphatic carbocycles. The van der Waals surface area contributed by atoms with Gasteiger partial charge in [0.15, 0.2) is 6.29 Å². The Morgan fingerprint density at radius 3 is 2.30 bits per heavy atom. The summed E-state index contributed by atoms with van der Waals surface area (Å²) in [4.78, 5) is 12.9. The van der Waals surface area contributed by atoms with Gasteiger partial charge < -0.3 is 19.4 Å². The molecule has 0 spiro atoms. The Morgan fingerprint density at radius 2 is 1.63 bits per heavy atom. The van der Waals surface area contributed by atoms with Crippen LogP contribution in [0.25, 0.3) is 10.9 Å². The number of nitrogens with one attached hydrogen (secondary N) is 1. The van der Waals surface area contributed by atoms with Gasteiger partial charge >= 0.3 is 0 Å². The van der Waals surface area contributed by atoms with Crippen LogP contribution in [0, 0.1) is 0 Å². The van der Waals surface area contributed by atoms with E-state index in [0.29, 0.717) is 24.1 Å². The molecule has 7 nitrogen and oxygen atoms in total. The van der Waals surface area contributed by atoms with E-state index in [1.165, 1.54) is 6.20 Å². The van der Waals surface area contributed by atoms with E-state index in [1.54, 1.807) is 53.1 Å². The highest BCUT2D eigenvalue weighted by molar-refractivity contribution is 7.91. The summed E-state index contributed by atoms with van der Waals surface area (Å²) >= 11 is 0. The lowest BCUT2D eigenvalue weighted by atomic mass is 10.2. The standard InChI is InChI=1S/C22H26N2O5S/c1-3-28-22(29-4-2)14-23-21(25)16-24-15-20(18-12-8-9-13-19(18)24)30(26,27)17-10-6-5-7-11-17/h5-13,15,22H,3-4,14,16H2,1-2H3,(H,23,25). The number of benzene rings is 2. The van der Waals surface area contributed by atoms with Crippen LogP contribution in [0.2, 0.25) is 0 Å². The van der Waals surface area contributed by atoms with Crippen molar-refractivity contribution in [2.75, 3.05) is 19.8 Å². The third-order valence-corrected chi connectivity index (χ3v) is 6.38. The predicted octanol–water partition coefficient (Wildman–Crippen LogP) is 2.99. The smallest absolute Gasteiger partial charge is 0.240 e. The fraction of sp³-hybridized carbons (Fsp3) is 0.318. The molecule has 8 heteroatoms. The molecule has 2 aromatic carbocycles.